The third-order valence-electron chi connectivity index (χ3n) is 8.02. The van der Waals surface area contributed by atoms with Crippen molar-refractivity contribution in [1.29, 1.82) is 0 Å². The van der Waals surface area contributed by atoms with Crippen molar-refractivity contribution in [3.8, 4) is 5.75 Å². The van der Waals surface area contributed by atoms with Crippen LogP contribution in [-0.2, 0) is 24.4 Å². The van der Waals surface area contributed by atoms with Crippen molar-refractivity contribution >= 4 is 27.7 Å². The van der Waals surface area contributed by atoms with Crippen LogP contribution < -0.4 is 4.74 Å². The van der Waals surface area contributed by atoms with E-state index in [-0.39, 0.29) is 30.4 Å². The Bertz CT molecular complexity index is 1370. The van der Waals surface area contributed by atoms with Gasteiger partial charge in [0.15, 0.2) is 6.61 Å². The fourth-order valence-corrected chi connectivity index (χ4v) is 6.69. The summed E-state index contributed by atoms with van der Waals surface area (Å²) in [6.07, 6.45) is 5.96. The van der Waals surface area contributed by atoms with Crippen molar-refractivity contribution in [2.45, 2.75) is 64.6 Å². The van der Waals surface area contributed by atoms with Gasteiger partial charge < -0.3 is 19.0 Å². The van der Waals surface area contributed by atoms with Gasteiger partial charge >= 0.3 is 0 Å². The van der Waals surface area contributed by atoms with E-state index >= 15 is 0 Å². The van der Waals surface area contributed by atoms with Crippen LogP contribution >= 0.6 is 15.9 Å². The summed E-state index contributed by atoms with van der Waals surface area (Å²) in [5, 5.41) is 7.96. The molecule has 3 heterocycles. The molecule has 0 N–H and O–H groups in total. The van der Waals surface area contributed by atoms with Crippen molar-refractivity contribution in [2.24, 2.45) is 5.92 Å². The van der Waals surface area contributed by atoms with E-state index in [0.29, 0.717) is 37.2 Å². The number of carbonyl (C=O) groups excluding carboxylic acids is 2. The zero-order valence-electron chi connectivity index (χ0n) is 21.5. The molecular formula is C29H31BrN4O4. The molecule has 9 heteroatoms. The maximum Gasteiger partial charge on any atom is 0.254 e. The first kappa shape index (κ1) is 25.1. The molecule has 6 rings (SSSR count). The lowest BCUT2D eigenvalue weighted by molar-refractivity contribution is -0.140. The highest BCUT2D eigenvalue weighted by atomic mass is 79.9. The van der Waals surface area contributed by atoms with Crippen LogP contribution in [0.25, 0.3) is 0 Å². The first-order valence-corrected chi connectivity index (χ1v) is 14.2. The molecule has 1 fully saturated rings. The van der Waals surface area contributed by atoms with Gasteiger partial charge in [-0.3, -0.25) is 9.59 Å². The molecule has 1 atom stereocenters. The maximum atomic E-state index is 14.0. The SMILES string of the molecule is Cc1nnc(COc2ccc(Br)c3c2[C@@H](CN2Cc4ccccc4C2=O)N(C(=O)C2CCCCC2)CC3)o1. The molecule has 8 nitrogen and oxygen atoms in total. The Balaban J connectivity index is 1.36. The third kappa shape index (κ3) is 4.72. The zero-order chi connectivity index (χ0) is 26.2. The molecule has 2 aromatic carbocycles. The Morgan fingerprint density at radius 2 is 1.95 bits per heavy atom. The molecule has 0 saturated heterocycles. The van der Waals surface area contributed by atoms with Gasteiger partial charge in [-0.05, 0) is 48.6 Å². The second kappa shape index (κ2) is 10.5. The number of halogens is 1. The third-order valence-corrected chi connectivity index (χ3v) is 8.76. The average molecular weight is 579 g/mol. The molecule has 3 aliphatic rings. The number of benzene rings is 2. The predicted octanol–water partition coefficient (Wildman–Crippen LogP) is 5.38. The monoisotopic (exact) mass is 578 g/mol. The van der Waals surface area contributed by atoms with Crippen molar-refractivity contribution in [3.63, 3.8) is 0 Å². The standard InChI is InChI=1S/C29H31BrN4O4/c1-18-31-32-26(38-18)17-37-25-12-11-23(30)22-13-14-34(28(35)19-7-3-2-4-8-19)24(27(22)25)16-33-15-20-9-5-6-10-21(20)29(33)36/h5-6,9-12,19,24H,2-4,7-8,13-17H2,1H3/t24-/m1/s1. The first-order valence-electron chi connectivity index (χ1n) is 13.4. The molecule has 0 spiro atoms. The van der Waals surface area contributed by atoms with E-state index in [0.717, 1.165) is 58.8 Å². The molecule has 1 aliphatic carbocycles. The number of aromatic nitrogens is 2. The molecule has 1 saturated carbocycles. The van der Waals surface area contributed by atoms with E-state index in [1.165, 1.54) is 6.42 Å². The Kier molecular flexibility index (Phi) is 6.95. The molecule has 198 valence electrons. The van der Waals surface area contributed by atoms with Gasteiger partial charge in [-0.15, -0.1) is 10.2 Å². The first-order chi connectivity index (χ1) is 18.5. The summed E-state index contributed by atoms with van der Waals surface area (Å²) in [5.74, 6) is 1.80. The summed E-state index contributed by atoms with van der Waals surface area (Å²) in [6.45, 7) is 3.44. The van der Waals surface area contributed by atoms with Crippen LogP contribution in [0.5, 0.6) is 5.75 Å². The van der Waals surface area contributed by atoms with Crippen LogP contribution in [0.15, 0.2) is 45.3 Å². The average Bonchev–Trinajstić information content (AvgIpc) is 3.50. The van der Waals surface area contributed by atoms with E-state index in [1.54, 1.807) is 6.92 Å². The second-order valence-corrected chi connectivity index (χ2v) is 11.3. The number of fused-ring (bicyclic) bond motifs is 2. The highest BCUT2D eigenvalue weighted by Gasteiger charge is 2.40. The number of nitrogens with zero attached hydrogens (tertiary/aromatic N) is 4. The summed E-state index contributed by atoms with van der Waals surface area (Å²) in [7, 11) is 0. The minimum absolute atomic E-state index is 0.0107. The van der Waals surface area contributed by atoms with Gasteiger partial charge in [0.25, 0.3) is 11.8 Å². The lowest BCUT2D eigenvalue weighted by Crippen LogP contribution is -2.48. The Hall–Kier alpha value is -3.20. The largest absolute Gasteiger partial charge is 0.483 e. The van der Waals surface area contributed by atoms with E-state index in [9.17, 15) is 9.59 Å². The molecule has 38 heavy (non-hydrogen) atoms. The molecule has 0 radical (unpaired) electrons. The van der Waals surface area contributed by atoms with Crippen LogP contribution in [-0.4, -0.2) is 44.9 Å². The number of hydrogen-bond acceptors (Lipinski definition) is 6. The number of carbonyl (C=O) groups is 2. The van der Waals surface area contributed by atoms with Crippen LogP contribution in [0.1, 0.15) is 77.0 Å². The molecule has 1 aromatic heterocycles. The summed E-state index contributed by atoms with van der Waals surface area (Å²) in [4.78, 5) is 31.2. The molecule has 0 unspecified atom stereocenters. The van der Waals surface area contributed by atoms with Crippen molar-refractivity contribution in [3.05, 3.63) is 74.9 Å². The minimum atomic E-state index is -0.316. The van der Waals surface area contributed by atoms with E-state index in [4.69, 9.17) is 9.15 Å². The molecule has 2 amide bonds. The normalized spacial score (nSPS) is 19.4. The highest BCUT2D eigenvalue weighted by molar-refractivity contribution is 9.10. The number of rotatable bonds is 6. The van der Waals surface area contributed by atoms with Gasteiger partial charge in [-0.25, -0.2) is 0 Å². The zero-order valence-corrected chi connectivity index (χ0v) is 23.1. The van der Waals surface area contributed by atoms with Crippen molar-refractivity contribution in [2.75, 3.05) is 13.1 Å². The van der Waals surface area contributed by atoms with Crippen LogP contribution in [0.3, 0.4) is 0 Å². The summed E-state index contributed by atoms with van der Waals surface area (Å²) in [5.41, 5.74) is 3.84. The Labute approximate surface area is 230 Å². The van der Waals surface area contributed by atoms with E-state index in [2.05, 4.69) is 26.1 Å². The van der Waals surface area contributed by atoms with E-state index in [1.807, 2.05) is 46.2 Å². The minimum Gasteiger partial charge on any atom is -0.483 e. The number of ether oxygens (including phenoxy) is 1. The number of amides is 2. The van der Waals surface area contributed by atoms with E-state index < -0.39 is 0 Å². The maximum absolute atomic E-state index is 14.0. The van der Waals surface area contributed by atoms with Crippen LogP contribution in [0, 0.1) is 12.8 Å². The number of aryl methyl sites for hydroxylation is 1. The molecule has 0 bridgehead atoms. The molecule has 2 aliphatic heterocycles. The van der Waals surface area contributed by atoms with Crippen LogP contribution in [0.2, 0.25) is 0 Å². The summed E-state index contributed by atoms with van der Waals surface area (Å²) in [6, 6.07) is 11.3. The fraction of sp³-hybridized carbons (Fsp3) is 0.448. The van der Waals surface area contributed by atoms with Crippen LogP contribution in [0.4, 0.5) is 0 Å². The lowest BCUT2D eigenvalue weighted by atomic mass is 9.85. The van der Waals surface area contributed by atoms with Gasteiger partial charge in [0.05, 0.1) is 6.04 Å². The van der Waals surface area contributed by atoms with Gasteiger partial charge in [0.1, 0.15) is 5.75 Å². The summed E-state index contributed by atoms with van der Waals surface area (Å²) < 4.78 is 12.8. The van der Waals surface area contributed by atoms with Crippen molar-refractivity contribution < 1.29 is 18.7 Å². The highest BCUT2D eigenvalue weighted by Crippen LogP contribution is 2.43. The molecule has 3 aromatic rings. The second-order valence-electron chi connectivity index (χ2n) is 10.4. The smallest absolute Gasteiger partial charge is 0.254 e. The topological polar surface area (TPSA) is 88.8 Å². The van der Waals surface area contributed by atoms with Gasteiger partial charge in [0.2, 0.25) is 11.8 Å². The molecular weight excluding hydrogens is 548 g/mol. The Morgan fingerprint density at radius 1 is 1.13 bits per heavy atom. The van der Waals surface area contributed by atoms with Crippen molar-refractivity contribution in [1.82, 2.24) is 20.0 Å². The lowest BCUT2D eigenvalue weighted by Gasteiger charge is -2.42. The summed E-state index contributed by atoms with van der Waals surface area (Å²) >= 11 is 3.74. The van der Waals surface area contributed by atoms with Gasteiger partial charge in [-0.2, -0.15) is 0 Å². The van der Waals surface area contributed by atoms with Gasteiger partial charge in [0, 0.05) is 48.1 Å². The quantitative estimate of drug-likeness (QED) is 0.390. The predicted molar refractivity (Wildman–Crippen MR) is 143 cm³/mol. The number of hydrogen-bond donors (Lipinski definition) is 0. The van der Waals surface area contributed by atoms with Gasteiger partial charge in [-0.1, -0.05) is 53.4 Å². The Morgan fingerprint density at radius 3 is 2.71 bits per heavy atom. The fourth-order valence-electron chi connectivity index (χ4n) is 6.15.